The lowest BCUT2D eigenvalue weighted by Crippen LogP contribution is -2.36. The zero-order chi connectivity index (χ0) is 18.3. The van der Waals surface area contributed by atoms with Crippen molar-refractivity contribution in [2.75, 3.05) is 14.2 Å². The molecule has 1 aliphatic heterocycles. The summed E-state index contributed by atoms with van der Waals surface area (Å²) >= 11 is 0. The molecule has 0 fully saturated rings. The number of dihydropyridines is 1. The molecule has 0 bridgehead atoms. The number of nitrogens with one attached hydrogen (secondary N) is 1. The van der Waals surface area contributed by atoms with Crippen LogP contribution in [0, 0.1) is 0 Å². The molecule has 1 aromatic carbocycles. The molecule has 0 saturated heterocycles. The SMILES string of the molecule is COc1ccc(C2C3=C(CCCC3=O)NC3=C2C(=O)CCC3)c(OC)c1. The molecule has 5 nitrogen and oxygen atoms in total. The van der Waals surface area contributed by atoms with E-state index in [1.54, 1.807) is 14.2 Å². The Bertz CT molecular complexity index is 808. The monoisotopic (exact) mass is 353 g/mol. The molecule has 1 N–H and O–H groups in total. The number of allylic oxidation sites excluding steroid dienone is 4. The zero-order valence-electron chi connectivity index (χ0n) is 15.2. The first-order valence-electron chi connectivity index (χ1n) is 9.15. The van der Waals surface area contributed by atoms with Crippen LogP contribution in [0.25, 0.3) is 0 Å². The van der Waals surface area contributed by atoms with Crippen molar-refractivity contribution in [3.05, 3.63) is 46.3 Å². The summed E-state index contributed by atoms with van der Waals surface area (Å²) in [6.07, 6.45) is 4.47. The third-order valence-corrected chi connectivity index (χ3v) is 5.54. The van der Waals surface area contributed by atoms with Gasteiger partial charge in [-0.2, -0.15) is 0 Å². The summed E-state index contributed by atoms with van der Waals surface area (Å²) in [5, 5.41) is 3.43. The fraction of sp³-hybridized carbons (Fsp3) is 0.429. The minimum atomic E-state index is -0.345. The Kier molecular flexibility index (Phi) is 4.31. The number of carbonyl (C=O) groups is 2. The normalized spacial score (nSPS) is 20.5. The third kappa shape index (κ3) is 2.62. The summed E-state index contributed by atoms with van der Waals surface area (Å²) in [5.41, 5.74) is 4.32. The van der Waals surface area contributed by atoms with Gasteiger partial charge in [0, 0.05) is 52.9 Å². The Morgan fingerprint density at radius 3 is 2.04 bits per heavy atom. The molecule has 2 aliphatic carbocycles. The van der Waals surface area contributed by atoms with E-state index < -0.39 is 0 Å². The van der Waals surface area contributed by atoms with Crippen molar-refractivity contribution in [1.82, 2.24) is 5.32 Å². The average molecular weight is 353 g/mol. The van der Waals surface area contributed by atoms with Crippen LogP contribution in [0.1, 0.15) is 50.0 Å². The molecule has 3 aliphatic rings. The summed E-state index contributed by atoms with van der Waals surface area (Å²) < 4.78 is 10.9. The highest BCUT2D eigenvalue weighted by Crippen LogP contribution is 2.47. The number of ketones is 2. The Morgan fingerprint density at radius 1 is 0.885 bits per heavy atom. The van der Waals surface area contributed by atoms with Crippen molar-refractivity contribution in [1.29, 1.82) is 0 Å². The molecule has 0 aromatic heterocycles. The molecule has 4 rings (SSSR count). The van der Waals surface area contributed by atoms with Gasteiger partial charge in [0.1, 0.15) is 11.5 Å². The van der Waals surface area contributed by atoms with E-state index in [0.29, 0.717) is 24.3 Å². The van der Waals surface area contributed by atoms with Crippen molar-refractivity contribution in [2.24, 2.45) is 0 Å². The summed E-state index contributed by atoms with van der Waals surface area (Å²) in [6.45, 7) is 0. The number of methoxy groups -OCH3 is 2. The molecule has 1 heterocycles. The highest BCUT2D eigenvalue weighted by Gasteiger charge is 2.41. The Labute approximate surface area is 153 Å². The molecule has 0 amide bonds. The second-order valence-electron chi connectivity index (χ2n) is 7.00. The predicted molar refractivity (Wildman–Crippen MR) is 97.2 cm³/mol. The van der Waals surface area contributed by atoms with E-state index in [4.69, 9.17) is 9.47 Å². The van der Waals surface area contributed by atoms with Crippen LogP contribution in [0.5, 0.6) is 11.5 Å². The van der Waals surface area contributed by atoms with E-state index in [1.807, 2.05) is 18.2 Å². The number of ether oxygens (including phenoxy) is 2. The molecule has 26 heavy (non-hydrogen) atoms. The molecule has 1 aromatic rings. The topological polar surface area (TPSA) is 64.6 Å². The van der Waals surface area contributed by atoms with Gasteiger partial charge in [-0.3, -0.25) is 9.59 Å². The Morgan fingerprint density at radius 2 is 1.50 bits per heavy atom. The third-order valence-electron chi connectivity index (χ3n) is 5.54. The van der Waals surface area contributed by atoms with Crippen molar-refractivity contribution in [3.8, 4) is 11.5 Å². The van der Waals surface area contributed by atoms with Gasteiger partial charge in [0.2, 0.25) is 0 Å². The van der Waals surface area contributed by atoms with Crippen molar-refractivity contribution in [2.45, 2.75) is 44.4 Å². The minimum Gasteiger partial charge on any atom is -0.497 e. The number of carbonyl (C=O) groups excluding carboxylic acids is 2. The van der Waals surface area contributed by atoms with Gasteiger partial charge in [0.25, 0.3) is 0 Å². The van der Waals surface area contributed by atoms with Gasteiger partial charge >= 0.3 is 0 Å². The second kappa shape index (κ2) is 6.63. The molecule has 136 valence electrons. The molecule has 0 spiro atoms. The summed E-state index contributed by atoms with van der Waals surface area (Å²) in [5.74, 6) is 1.25. The molecular weight excluding hydrogens is 330 g/mol. The maximum Gasteiger partial charge on any atom is 0.161 e. The van der Waals surface area contributed by atoms with Gasteiger partial charge in [-0.1, -0.05) is 6.07 Å². The van der Waals surface area contributed by atoms with Gasteiger partial charge in [0.05, 0.1) is 14.2 Å². The quantitative estimate of drug-likeness (QED) is 0.902. The maximum absolute atomic E-state index is 12.8. The van der Waals surface area contributed by atoms with E-state index in [-0.39, 0.29) is 17.5 Å². The van der Waals surface area contributed by atoms with E-state index in [0.717, 1.165) is 53.8 Å². The van der Waals surface area contributed by atoms with Gasteiger partial charge in [-0.25, -0.2) is 0 Å². The molecule has 0 unspecified atom stereocenters. The van der Waals surface area contributed by atoms with E-state index in [2.05, 4.69) is 5.32 Å². The number of hydrogen-bond acceptors (Lipinski definition) is 5. The molecule has 5 heteroatoms. The summed E-state index contributed by atoms with van der Waals surface area (Å²) in [6, 6.07) is 5.60. The molecular formula is C21H23NO4. The van der Waals surface area contributed by atoms with Gasteiger partial charge in [-0.05, 0) is 31.7 Å². The van der Waals surface area contributed by atoms with Crippen molar-refractivity contribution in [3.63, 3.8) is 0 Å². The molecule has 0 atom stereocenters. The fourth-order valence-corrected chi connectivity index (χ4v) is 4.35. The number of rotatable bonds is 3. The Hall–Kier alpha value is -2.56. The zero-order valence-corrected chi connectivity index (χ0v) is 15.2. The standard InChI is InChI=1S/C21H23NO4/c1-25-12-9-10-13(18(11-12)26-2)19-20-14(5-3-7-16(20)23)22-15-6-4-8-17(24)21(15)19/h9-11,19,22H,3-8H2,1-2H3. The van der Waals surface area contributed by atoms with Crippen LogP contribution >= 0.6 is 0 Å². The van der Waals surface area contributed by atoms with Crippen molar-refractivity contribution < 1.29 is 19.1 Å². The van der Waals surface area contributed by atoms with Crippen LogP contribution < -0.4 is 14.8 Å². The van der Waals surface area contributed by atoms with E-state index in [1.165, 1.54) is 0 Å². The van der Waals surface area contributed by atoms with Crippen LogP contribution in [0.3, 0.4) is 0 Å². The number of benzene rings is 1. The Balaban J connectivity index is 1.93. The van der Waals surface area contributed by atoms with Gasteiger partial charge in [0.15, 0.2) is 11.6 Å². The van der Waals surface area contributed by atoms with Crippen LogP contribution in [0.2, 0.25) is 0 Å². The first kappa shape index (κ1) is 16.9. The van der Waals surface area contributed by atoms with E-state index in [9.17, 15) is 9.59 Å². The fourth-order valence-electron chi connectivity index (χ4n) is 4.35. The number of Topliss-reactive ketones (excluding diaryl/α,β-unsaturated/α-hetero) is 2. The highest BCUT2D eigenvalue weighted by molar-refractivity contribution is 6.06. The maximum atomic E-state index is 12.8. The lowest BCUT2D eigenvalue weighted by molar-refractivity contribution is -0.116. The van der Waals surface area contributed by atoms with Gasteiger partial charge < -0.3 is 14.8 Å². The van der Waals surface area contributed by atoms with Crippen LogP contribution in [-0.4, -0.2) is 25.8 Å². The first-order chi connectivity index (χ1) is 12.6. The van der Waals surface area contributed by atoms with Crippen LogP contribution in [0.15, 0.2) is 40.7 Å². The summed E-state index contributed by atoms with van der Waals surface area (Å²) in [7, 11) is 3.21. The van der Waals surface area contributed by atoms with Crippen LogP contribution in [0.4, 0.5) is 0 Å². The second-order valence-corrected chi connectivity index (χ2v) is 7.00. The number of hydrogen-bond donors (Lipinski definition) is 1. The average Bonchev–Trinajstić information content (AvgIpc) is 2.66. The predicted octanol–water partition coefficient (Wildman–Crippen LogP) is 3.40. The summed E-state index contributed by atoms with van der Waals surface area (Å²) in [4.78, 5) is 25.6. The first-order valence-corrected chi connectivity index (χ1v) is 9.15. The highest BCUT2D eigenvalue weighted by atomic mass is 16.5. The van der Waals surface area contributed by atoms with Gasteiger partial charge in [-0.15, -0.1) is 0 Å². The van der Waals surface area contributed by atoms with Crippen LogP contribution in [-0.2, 0) is 9.59 Å². The molecule has 0 saturated carbocycles. The lowest BCUT2D eigenvalue weighted by atomic mass is 9.71. The van der Waals surface area contributed by atoms with E-state index >= 15 is 0 Å². The molecule has 0 radical (unpaired) electrons. The lowest BCUT2D eigenvalue weighted by Gasteiger charge is -2.37. The largest absolute Gasteiger partial charge is 0.497 e. The smallest absolute Gasteiger partial charge is 0.161 e. The van der Waals surface area contributed by atoms with Crippen molar-refractivity contribution >= 4 is 11.6 Å². The minimum absolute atomic E-state index is 0.131.